The molecule has 84 valence electrons. The Morgan fingerprint density at radius 1 is 1.18 bits per heavy atom. The average molecular weight is 224 g/mol. The predicted molar refractivity (Wildman–Crippen MR) is 65.8 cm³/mol. The van der Waals surface area contributed by atoms with E-state index in [9.17, 15) is 4.79 Å². The second-order valence-electron chi connectivity index (χ2n) is 4.19. The van der Waals surface area contributed by atoms with Crippen molar-refractivity contribution in [3.8, 4) is 0 Å². The average Bonchev–Trinajstić information content (AvgIpc) is 2.68. The summed E-state index contributed by atoms with van der Waals surface area (Å²) >= 11 is 0. The Hall–Kier alpha value is -2.16. The smallest absolute Gasteiger partial charge is 0.232 e. The first-order valence-corrected chi connectivity index (χ1v) is 5.63. The van der Waals surface area contributed by atoms with Crippen molar-refractivity contribution in [3.63, 3.8) is 0 Å². The van der Waals surface area contributed by atoms with Crippen molar-refractivity contribution < 1.29 is 4.79 Å². The van der Waals surface area contributed by atoms with Crippen LogP contribution in [0.4, 0.5) is 5.69 Å². The molecule has 1 aromatic carbocycles. The van der Waals surface area contributed by atoms with Gasteiger partial charge in [0.2, 0.25) is 5.91 Å². The molecule has 1 amide bonds. The Kier molecular flexibility index (Phi) is 2.37. The SMILES string of the molecule is O=C1Nc2cnccc2C1Cc1ccccc1. The maximum Gasteiger partial charge on any atom is 0.232 e. The van der Waals surface area contributed by atoms with E-state index in [1.807, 2.05) is 36.4 Å². The van der Waals surface area contributed by atoms with Crippen molar-refractivity contribution in [2.45, 2.75) is 12.3 Å². The van der Waals surface area contributed by atoms with Gasteiger partial charge in [0.05, 0.1) is 17.8 Å². The molecule has 2 aromatic rings. The molecule has 0 radical (unpaired) electrons. The molecule has 3 rings (SSSR count). The summed E-state index contributed by atoms with van der Waals surface area (Å²) in [6.07, 6.45) is 4.18. The topological polar surface area (TPSA) is 42.0 Å². The highest BCUT2D eigenvalue weighted by atomic mass is 16.2. The number of aromatic nitrogens is 1. The summed E-state index contributed by atoms with van der Waals surface area (Å²) in [7, 11) is 0. The first-order chi connectivity index (χ1) is 8.34. The first-order valence-electron chi connectivity index (χ1n) is 5.63. The second kappa shape index (κ2) is 4.01. The Labute approximate surface area is 99.5 Å². The highest BCUT2D eigenvalue weighted by Gasteiger charge is 2.30. The lowest BCUT2D eigenvalue weighted by Gasteiger charge is -2.08. The predicted octanol–water partition coefficient (Wildman–Crippen LogP) is 2.36. The summed E-state index contributed by atoms with van der Waals surface area (Å²) in [5.74, 6) is -0.0211. The number of carbonyl (C=O) groups is 1. The lowest BCUT2D eigenvalue weighted by Crippen LogP contribution is -2.14. The third-order valence-corrected chi connectivity index (χ3v) is 3.09. The number of pyridine rings is 1. The molecule has 0 fully saturated rings. The van der Waals surface area contributed by atoms with Crippen LogP contribution in [0.2, 0.25) is 0 Å². The van der Waals surface area contributed by atoms with E-state index in [4.69, 9.17) is 0 Å². The molecule has 3 heteroatoms. The van der Waals surface area contributed by atoms with Crippen LogP contribution in [0.15, 0.2) is 48.8 Å². The van der Waals surface area contributed by atoms with Gasteiger partial charge in [0, 0.05) is 6.20 Å². The van der Waals surface area contributed by atoms with E-state index >= 15 is 0 Å². The Balaban J connectivity index is 1.92. The van der Waals surface area contributed by atoms with Gasteiger partial charge in [0.15, 0.2) is 0 Å². The summed E-state index contributed by atoms with van der Waals surface area (Å²) < 4.78 is 0. The fraction of sp³-hybridized carbons (Fsp3) is 0.143. The maximum absolute atomic E-state index is 11.9. The van der Waals surface area contributed by atoms with Gasteiger partial charge in [-0.1, -0.05) is 30.3 Å². The minimum Gasteiger partial charge on any atom is -0.324 e. The Bertz CT molecular complexity index is 551. The number of nitrogens with zero attached hydrogens (tertiary/aromatic N) is 1. The van der Waals surface area contributed by atoms with Gasteiger partial charge in [-0.05, 0) is 23.6 Å². The number of fused-ring (bicyclic) bond motifs is 1. The molecule has 0 saturated heterocycles. The zero-order valence-electron chi connectivity index (χ0n) is 9.26. The quantitative estimate of drug-likeness (QED) is 0.850. The van der Waals surface area contributed by atoms with Crippen molar-refractivity contribution >= 4 is 11.6 Å². The molecular weight excluding hydrogens is 212 g/mol. The largest absolute Gasteiger partial charge is 0.324 e. The van der Waals surface area contributed by atoms with E-state index in [1.54, 1.807) is 12.4 Å². The van der Waals surface area contributed by atoms with Gasteiger partial charge in [-0.15, -0.1) is 0 Å². The number of carbonyl (C=O) groups excluding carboxylic acids is 1. The van der Waals surface area contributed by atoms with E-state index in [0.29, 0.717) is 0 Å². The van der Waals surface area contributed by atoms with Crippen LogP contribution in [-0.4, -0.2) is 10.9 Å². The van der Waals surface area contributed by atoms with Gasteiger partial charge in [-0.3, -0.25) is 9.78 Å². The highest BCUT2D eigenvalue weighted by Crippen LogP contribution is 2.33. The van der Waals surface area contributed by atoms with E-state index < -0.39 is 0 Å². The number of amides is 1. The monoisotopic (exact) mass is 224 g/mol. The number of nitrogens with one attached hydrogen (secondary N) is 1. The van der Waals surface area contributed by atoms with Crippen LogP contribution in [0.5, 0.6) is 0 Å². The molecule has 1 aliphatic rings. The van der Waals surface area contributed by atoms with Crippen LogP contribution in [0.3, 0.4) is 0 Å². The van der Waals surface area contributed by atoms with Crippen molar-refractivity contribution in [3.05, 3.63) is 59.9 Å². The van der Waals surface area contributed by atoms with E-state index in [0.717, 1.165) is 17.7 Å². The molecular formula is C14H12N2O. The molecule has 0 bridgehead atoms. The molecule has 0 aliphatic carbocycles. The zero-order chi connectivity index (χ0) is 11.7. The van der Waals surface area contributed by atoms with Crippen molar-refractivity contribution in [1.82, 2.24) is 4.98 Å². The third kappa shape index (κ3) is 1.80. The summed E-state index contributed by atoms with van der Waals surface area (Å²) in [5, 5.41) is 2.87. The number of hydrogen-bond donors (Lipinski definition) is 1. The fourth-order valence-corrected chi connectivity index (χ4v) is 2.23. The lowest BCUT2D eigenvalue weighted by molar-refractivity contribution is -0.117. The van der Waals surface area contributed by atoms with Crippen LogP contribution >= 0.6 is 0 Å². The normalized spacial score (nSPS) is 17.6. The minimum atomic E-state index is -0.0876. The summed E-state index contributed by atoms with van der Waals surface area (Å²) in [4.78, 5) is 15.9. The van der Waals surface area contributed by atoms with Gasteiger partial charge in [-0.25, -0.2) is 0 Å². The molecule has 1 atom stereocenters. The molecule has 1 aliphatic heterocycles. The van der Waals surface area contributed by atoms with Crippen LogP contribution in [0, 0.1) is 0 Å². The Morgan fingerprint density at radius 3 is 2.82 bits per heavy atom. The number of anilines is 1. The van der Waals surface area contributed by atoms with Crippen LogP contribution in [0.1, 0.15) is 17.0 Å². The highest BCUT2D eigenvalue weighted by molar-refractivity contribution is 6.02. The van der Waals surface area contributed by atoms with Gasteiger partial charge < -0.3 is 5.32 Å². The van der Waals surface area contributed by atoms with E-state index in [1.165, 1.54) is 5.56 Å². The van der Waals surface area contributed by atoms with E-state index in [2.05, 4.69) is 10.3 Å². The maximum atomic E-state index is 11.9. The number of benzene rings is 1. The molecule has 17 heavy (non-hydrogen) atoms. The molecule has 1 unspecified atom stereocenters. The molecule has 0 spiro atoms. The summed E-state index contributed by atoms with van der Waals surface area (Å²) in [5.41, 5.74) is 3.07. The molecule has 1 aromatic heterocycles. The summed E-state index contributed by atoms with van der Waals surface area (Å²) in [6.45, 7) is 0. The molecule has 3 nitrogen and oxygen atoms in total. The van der Waals surface area contributed by atoms with E-state index in [-0.39, 0.29) is 11.8 Å². The van der Waals surface area contributed by atoms with Gasteiger partial charge in [0.1, 0.15) is 0 Å². The lowest BCUT2D eigenvalue weighted by atomic mass is 9.94. The Morgan fingerprint density at radius 2 is 2.00 bits per heavy atom. The first kappa shape index (κ1) is 10.0. The zero-order valence-corrected chi connectivity index (χ0v) is 9.26. The van der Waals surface area contributed by atoms with Gasteiger partial charge in [0.25, 0.3) is 0 Å². The number of hydrogen-bond acceptors (Lipinski definition) is 2. The standard InChI is InChI=1S/C14H12N2O/c17-14-12(8-10-4-2-1-3-5-10)11-6-7-15-9-13(11)16-14/h1-7,9,12H,8H2,(H,16,17). The minimum absolute atomic E-state index is 0.0665. The van der Waals surface area contributed by atoms with Crippen LogP contribution in [-0.2, 0) is 11.2 Å². The summed E-state index contributed by atoms with van der Waals surface area (Å²) in [6, 6.07) is 12.0. The van der Waals surface area contributed by atoms with Crippen LogP contribution in [0.25, 0.3) is 0 Å². The number of rotatable bonds is 2. The van der Waals surface area contributed by atoms with Gasteiger partial charge >= 0.3 is 0 Å². The van der Waals surface area contributed by atoms with Crippen molar-refractivity contribution in [1.29, 1.82) is 0 Å². The van der Waals surface area contributed by atoms with Crippen molar-refractivity contribution in [2.24, 2.45) is 0 Å². The molecule has 2 heterocycles. The van der Waals surface area contributed by atoms with Crippen molar-refractivity contribution in [2.75, 3.05) is 5.32 Å². The molecule has 0 saturated carbocycles. The second-order valence-corrected chi connectivity index (χ2v) is 4.19. The fourth-order valence-electron chi connectivity index (χ4n) is 2.23. The third-order valence-electron chi connectivity index (χ3n) is 3.09. The van der Waals surface area contributed by atoms with Gasteiger partial charge in [-0.2, -0.15) is 0 Å². The molecule has 1 N–H and O–H groups in total. The van der Waals surface area contributed by atoms with Crippen LogP contribution < -0.4 is 5.32 Å².